The summed E-state index contributed by atoms with van der Waals surface area (Å²) in [4.78, 5) is 14.2. The number of hydrogen-bond donors (Lipinski definition) is 2. The van der Waals surface area contributed by atoms with E-state index in [2.05, 4.69) is 16.7 Å². The highest BCUT2D eigenvalue weighted by molar-refractivity contribution is 5.95. The van der Waals surface area contributed by atoms with Gasteiger partial charge in [-0.3, -0.25) is 4.79 Å². The lowest BCUT2D eigenvalue weighted by atomic mass is 9.95. The lowest BCUT2D eigenvalue weighted by molar-refractivity contribution is -0.117. The first-order valence-electron chi connectivity index (χ1n) is 6.75. The molecular weight excluding hydrogens is 250 g/mol. The Morgan fingerprint density at radius 1 is 1.30 bits per heavy atom. The van der Waals surface area contributed by atoms with E-state index in [0.717, 1.165) is 22.8 Å². The molecule has 1 aliphatic rings. The summed E-state index contributed by atoms with van der Waals surface area (Å²) in [6.07, 6.45) is 2.06. The zero-order valence-electron chi connectivity index (χ0n) is 12.4. The van der Waals surface area contributed by atoms with Gasteiger partial charge in [0.1, 0.15) is 5.82 Å². The Hall–Kier alpha value is -2.23. The molecule has 0 saturated carbocycles. The number of nitrogens with zero attached hydrogens (tertiary/aromatic N) is 1. The number of nitrogens with one attached hydrogen (secondary N) is 2. The van der Waals surface area contributed by atoms with Crippen LogP contribution in [0.4, 0.5) is 5.69 Å². The van der Waals surface area contributed by atoms with Crippen molar-refractivity contribution in [1.29, 1.82) is 0 Å². The zero-order valence-corrected chi connectivity index (χ0v) is 12.4. The smallest absolute Gasteiger partial charge is 0.251 e. The molecule has 0 spiro atoms. The Labute approximate surface area is 120 Å². The van der Waals surface area contributed by atoms with E-state index in [0.29, 0.717) is 0 Å². The Balaban J connectivity index is 2.45. The van der Waals surface area contributed by atoms with Crippen molar-refractivity contribution < 1.29 is 4.79 Å². The van der Waals surface area contributed by atoms with E-state index < -0.39 is 0 Å². The summed E-state index contributed by atoms with van der Waals surface area (Å²) < 4.78 is 0. The molecule has 0 aliphatic carbocycles. The van der Waals surface area contributed by atoms with Crippen LogP contribution in [0, 0.1) is 5.92 Å². The number of rotatable bonds is 3. The topological polar surface area (TPSA) is 44.4 Å². The van der Waals surface area contributed by atoms with Crippen molar-refractivity contribution >= 4 is 11.6 Å². The Morgan fingerprint density at radius 3 is 2.55 bits per heavy atom. The fourth-order valence-corrected chi connectivity index (χ4v) is 2.46. The van der Waals surface area contributed by atoms with Crippen molar-refractivity contribution in [3.05, 3.63) is 53.5 Å². The van der Waals surface area contributed by atoms with Gasteiger partial charge in [0.15, 0.2) is 0 Å². The number of carbonyl (C=O) groups excluding carboxylic acids is 1. The van der Waals surface area contributed by atoms with Crippen LogP contribution in [-0.2, 0) is 4.79 Å². The molecule has 2 N–H and O–H groups in total. The molecule has 0 aromatic heterocycles. The molecule has 1 unspecified atom stereocenters. The van der Waals surface area contributed by atoms with Crippen LogP contribution < -0.4 is 15.5 Å². The Kier molecular flexibility index (Phi) is 4.13. The molecule has 106 valence electrons. The van der Waals surface area contributed by atoms with Crippen LogP contribution in [-0.4, -0.2) is 20.0 Å². The van der Waals surface area contributed by atoms with Crippen LogP contribution in [0.15, 0.2) is 53.5 Å². The second-order valence-electron chi connectivity index (χ2n) is 5.00. The number of dihydropyridines is 1. The monoisotopic (exact) mass is 271 g/mol. The third kappa shape index (κ3) is 2.69. The first-order valence-corrected chi connectivity index (χ1v) is 6.75. The number of benzene rings is 1. The van der Waals surface area contributed by atoms with Gasteiger partial charge in [-0.1, -0.05) is 31.2 Å². The first-order chi connectivity index (χ1) is 9.54. The molecule has 4 nitrogen and oxygen atoms in total. The number of likely N-dealkylation sites (N-methyl/N-ethyl adjacent to an activating group) is 1. The lowest BCUT2D eigenvalue weighted by Crippen LogP contribution is -2.38. The molecule has 1 atom stereocenters. The molecule has 2 rings (SSSR count). The number of hydrogen-bond acceptors (Lipinski definition) is 3. The number of amides is 1. The second kappa shape index (κ2) is 5.82. The van der Waals surface area contributed by atoms with E-state index >= 15 is 0 Å². The maximum absolute atomic E-state index is 12.2. The molecule has 1 aromatic carbocycles. The van der Waals surface area contributed by atoms with Crippen LogP contribution >= 0.6 is 0 Å². The van der Waals surface area contributed by atoms with Crippen molar-refractivity contribution in [2.45, 2.75) is 13.8 Å². The van der Waals surface area contributed by atoms with E-state index in [1.807, 2.05) is 56.1 Å². The summed E-state index contributed by atoms with van der Waals surface area (Å²) >= 11 is 0. The third-order valence-corrected chi connectivity index (χ3v) is 3.48. The molecule has 4 heteroatoms. The van der Waals surface area contributed by atoms with E-state index in [1.165, 1.54) is 0 Å². The molecule has 0 saturated heterocycles. The Morgan fingerprint density at radius 2 is 1.95 bits per heavy atom. The van der Waals surface area contributed by atoms with E-state index in [9.17, 15) is 4.79 Å². The SMILES string of the molecule is CNC(=O)C1=C(N(C)c2ccccc2)NC(C)=CC1C. The summed E-state index contributed by atoms with van der Waals surface area (Å²) in [5, 5.41) is 6.04. The summed E-state index contributed by atoms with van der Waals surface area (Å²) in [6, 6.07) is 10.00. The van der Waals surface area contributed by atoms with Crippen molar-refractivity contribution in [2.75, 3.05) is 19.0 Å². The van der Waals surface area contributed by atoms with Crippen LogP contribution in [0.1, 0.15) is 13.8 Å². The van der Waals surface area contributed by atoms with Crippen LogP contribution in [0.5, 0.6) is 0 Å². The number of carbonyl (C=O) groups is 1. The highest BCUT2D eigenvalue weighted by Crippen LogP contribution is 2.27. The van der Waals surface area contributed by atoms with Gasteiger partial charge in [0.2, 0.25) is 0 Å². The summed E-state index contributed by atoms with van der Waals surface area (Å²) in [6.45, 7) is 4.05. The van der Waals surface area contributed by atoms with Gasteiger partial charge < -0.3 is 15.5 Å². The van der Waals surface area contributed by atoms with Gasteiger partial charge in [-0.05, 0) is 19.1 Å². The summed E-state index contributed by atoms with van der Waals surface area (Å²) in [5.74, 6) is 0.868. The van der Waals surface area contributed by atoms with Gasteiger partial charge in [-0.25, -0.2) is 0 Å². The molecule has 20 heavy (non-hydrogen) atoms. The molecular formula is C16H21N3O. The van der Waals surface area contributed by atoms with Crippen molar-refractivity contribution in [3.8, 4) is 0 Å². The predicted octanol–water partition coefficient (Wildman–Crippen LogP) is 2.22. The quantitative estimate of drug-likeness (QED) is 0.886. The summed E-state index contributed by atoms with van der Waals surface area (Å²) in [5.41, 5.74) is 2.85. The van der Waals surface area contributed by atoms with Gasteiger partial charge in [0.05, 0.1) is 5.57 Å². The predicted molar refractivity (Wildman–Crippen MR) is 82.0 cm³/mol. The molecule has 1 aliphatic heterocycles. The molecule has 0 bridgehead atoms. The number of para-hydroxylation sites is 1. The minimum atomic E-state index is -0.0495. The number of anilines is 1. The van der Waals surface area contributed by atoms with Crippen LogP contribution in [0.2, 0.25) is 0 Å². The van der Waals surface area contributed by atoms with E-state index in [4.69, 9.17) is 0 Å². The van der Waals surface area contributed by atoms with E-state index in [1.54, 1.807) is 7.05 Å². The molecule has 1 amide bonds. The van der Waals surface area contributed by atoms with Crippen molar-refractivity contribution in [2.24, 2.45) is 5.92 Å². The van der Waals surface area contributed by atoms with E-state index in [-0.39, 0.29) is 11.8 Å². The lowest BCUT2D eigenvalue weighted by Gasteiger charge is -2.31. The van der Waals surface area contributed by atoms with Gasteiger partial charge >= 0.3 is 0 Å². The molecule has 1 aromatic rings. The second-order valence-corrected chi connectivity index (χ2v) is 5.00. The van der Waals surface area contributed by atoms with Gasteiger partial charge in [-0.2, -0.15) is 0 Å². The average molecular weight is 271 g/mol. The zero-order chi connectivity index (χ0) is 14.7. The minimum Gasteiger partial charge on any atom is -0.355 e. The third-order valence-electron chi connectivity index (χ3n) is 3.48. The maximum atomic E-state index is 12.2. The Bertz CT molecular complexity index is 560. The fourth-order valence-electron chi connectivity index (χ4n) is 2.46. The minimum absolute atomic E-state index is 0.0495. The summed E-state index contributed by atoms with van der Waals surface area (Å²) in [7, 11) is 3.62. The fraction of sp³-hybridized carbons (Fsp3) is 0.312. The first kappa shape index (κ1) is 14.2. The average Bonchev–Trinajstić information content (AvgIpc) is 2.46. The largest absolute Gasteiger partial charge is 0.355 e. The van der Waals surface area contributed by atoms with Gasteiger partial charge in [0.25, 0.3) is 5.91 Å². The van der Waals surface area contributed by atoms with Gasteiger partial charge in [0, 0.05) is 31.4 Å². The van der Waals surface area contributed by atoms with Gasteiger partial charge in [-0.15, -0.1) is 0 Å². The van der Waals surface area contributed by atoms with Crippen molar-refractivity contribution in [1.82, 2.24) is 10.6 Å². The molecule has 0 radical (unpaired) electrons. The standard InChI is InChI=1S/C16H21N3O/c1-11-10-12(2)18-15(14(11)16(20)17-3)19(4)13-8-6-5-7-9-13/h5-11,18H,1-4H3,(H,17,20). The highest BCUT2D eigenvalue weighted by atomic mass is 16.1. The highest BCUT2D eigenvalue weighted by Gasteiger charge is 2.26. The molecule has 0 fully saturated rings. The normalized spacial score (nSPS) is 18.2. The van der Waals surface area contributed by atoms with Crippen LogP contribution in [0.25, 0.3) is 0 Å². The number of allylic oxidation sites excluding steroid dienone is 2. The van der Waals surface area contributed by atoms with Crippen LogP contribution in [0.3, 0.4) is 0 Å². The molecule has 1 heterocycles. The maximum Gasteiger partial charge on any atom is 0.251 e. The van der Waals surface area contributed by atoms with Crippen molar-refractivity contribution in [3.63, 3.8) is 0 Å².